The van der Waals surface area contributed by atoms with Crippen molar-refractivity contribution in [2.24, 2.45) is 0 Å². The summed E-state index contributed by atoms with van der Waals surface area (Å²) in [6.45, 7) is 5.23. The molecule has 0 radical (unpaired) electrons. The molecule has 0 aliphatic rings. The number of aromatic carboxylic acids is 1. The zero-order valence-corrected chi connectivity index (χ0v) is 17.8. The summed E-state index contributed by atoms with van der Waals surface area (Å²) in [4.78, 5) is 13.1. The van der Waals surface area contributed by atoms with E-state index in [1.165, 1.54) is 6.07 Å². The van der Waals surface area contributed by atoms with Crippen LogP contribution in [0.3, 0.4) is 0 Å². The Kier molecular flexibility index (Phi) is 6.82. The first-order valence-electron chi connectivity index (χ1n) is 9.29. The van der Waals surface area contributed by atoms with Crippen LogP contribution < -0.4 is 9.64 Å². The predicted molar refractivity (Wildman–Crippen MR) is 115 cm³/mol. The molecular formula is C22H22BrN3O3. The van der Waals surface area contributed by atoms with Gasteiger partial charge in [0.2, 0.25) is 0 Å². The van der Waals surface area contributed by atoms with Gasteiger partial charge in [0.15, 0.2) is 11.5 Å². The van der Waals surface area contributed by atoms with Crippen molar-refractivity contribution in [3.63, 3.8) is 0 Å². The second-order valence-corrected chi connectivity index (χ2v) is 7.42. The Bertz CT molecular complexity index is 965. The van der Waals surface area contributed by atoms with Crippen molar-refractivity contribution in [3.8, 4) is 5.75 Å². The molecule has 0 amide bonds. The van der Waals surface area contributed by atoms with Crippen LogP contribution in [0.4, 0.5) is 5.82 Å². The van der Waals surface area contributed by atoms with Crippen molar-refractivity contribution in [1.82, 2.24) is 10.2 Å². The van der Waals surface area contributed by atoms with Gasteiger partial charge in [-0.1, -0.05) is 46.3 Å². The number of rotatable bonds is 8. The Hall–Kier alpha value is -2.93. The van der Waals surface area contributed by atoms with E-state index >= 15 is 0 Å². The van der Waals surface area contributed by atoms with E-state index in [-0.39, 0.29) is 11.7 Å². The third-order valence-corrected chi connectivity index (χ3v) is 5.12. The van der Waals surface area contributed by atoms with Crippen molar-refractivity contribution in [2.45, 2.75) is 26.5 Å². The molecule has 1 unspecified atom stereocenters. The number of halogens is 1. The highest BCUT2D eigenvalue weighted by Gasteiger charge is 2.21. The standard InChI is InChI=1S/C22H22BrN3O3/c1-3-26(21-12-10-19(22(27)28)24-25-21)15(2)18-13-17(23)9-11-20(18)29-14-16-7-5-4-6-8-16/h4-13,15H,3,14H2,1-2H3,(H,27,28). The fourth-order valence-corrected chi connectivity index (χ4v) is 3.49. The molecule has 1 atom stereocenters. The van der Waals surface area contributed by atoms with Crippen molar-refractivity contribution >= 4 is 27.7 Å². The van der Waals surface area contributed by atoms with Crippen LogP contribution in [0.15, 0.2) is 65.1 Å². The van der Waals surface area contributed by atoms with Crippen molar-refractivity contribution in [1.29, 1.82) is 0 Å². The van der Waals surface area contributed by atoms with E-state index in [4.69, 9.17) is 9.84 Å². The van der Waals surface area contributed by atoms with Crippen molar-refractivity contribution in [2.75, 3.05) is 11.4 Å². The molecule has 0 aliphatic heterocycles. The minimum Gasteiger partial charge on any atom is -0.489 e. The molecule has 6 nitrogen and oxygen atoms in total. The molecule has 150 valence electrons. The first-order valence-corrected chi connectivity index (χ1v) is 10.1. The van der Waals surface area contributed by atoms with Gasteiger partial charge in [0.25, 0.3) is 0 Å². The summed E-state index contributed by atoms with van der Waals surface area (Å²) in [7, 11) is 0. The molecule has 1 heterocycles. The molecule has 0 saturated heterocycles. The number of benzene rings is 2. The third-order valence-electron chi connectivity index (χ3n) is 4.63. The number of carbonyl (C=O) groups is 1. The van der Waals surface area contributed by atoms with Crippen LogP contribution in [0, 0.1) is 0 Å². The molecule has 0 spiro atoms. The molecule has 2 aromatic carbocycles. The van der Waals surface area contributed by atoms with Gasteiger partial charge in [-0.2, -0.15) is 0 Å². The average Bonchev–Trinajstić information content (AvgIpc) is 2.74. The summed E-state index contributed by atoms with van der Waals surface area (Å²) in [6, 6.07) is 19.0. The molecule has 0 aliphatic carbocycles. The van der Waals surface area contributed by atoms with Gasteiger partial charge < -0.3 is 14.7 Å². The fraction of sp³-hybridized carbons (Fsp3) is 0.227. The minimum absolute atomic E-state index is 0.0618. The van der Waals surface area contributed by atoms with Gasteiger partial charge in [0.05, 0.1) is 6.04 Å². The maximum atomic E-state index is 11.0. The quantitative estimate of drug-likeness (QED) is 0.508. The number of nitrogens with zero attached hydrogens (tertiary/aromatic N) is 3. The second kappa shape index (κ2) is 9.52. The highest BCUT2D eigenvalue weighted by Crippen LogP contribution is 2.34. The predicted octanol–water partition coefficient (Wildman–Crippen LogP) is 5.10. The van der Waals surface area contributed by atoms with E-state index in [1.807, 2.05) is 55.5 Å². The normalized spacial score (nSPS) is 11.7. The molecule has 1 aromatic heterocycles. The van der Waals surface area contributed by atoms with Gasteiger partial charge in [-0.25, -0.2) is 4.79 Å². The number of hydrogen-bond acceptors (Lipinski definition) is 5. The summed E-state index contributed by atoms with van der Waals surface area (Å²) in [5.41, 5.74) is 2.02. The zero-order valence-electron chi connectivity index (χ0n) is 16.2. The van der Waals surface area contributed by atoms with Crippen LogP contribution in [-0.4, -0.2) is 27.8 Å². The van der Waals surface area contributed by atoms with Gasteiger partial charge in [-0.05, 0) is 49.7 Å². The molecule has 3 rings (SSSR count). The SMILES string of the molecule is CCN(c1ccc(C(=O)O)nn1)C(C)c1cc(Br)ccc1OCc1ccccc1. The maximum Gasteiger partial charge on any atom is 0.356 e. The Morgan fingerprint density at radius 1 is 1.14 bits per heavy atom. The number of carboxylic acid groups (broad SMARTS) is 1. The van der Waals surface area contributed by atoms with E-state index in [0.717, 1.165) is 21.3 Å². The summed E-state index contributed by atoms with van der Waals surface area (Å²) in [6.07, 6.45) is 0. The summed E-state index contributed by atoms with van der Waals surface area (Å²) < 4.78 is 7.07. The number of hydrogen-bond donors (Lipinski definition) is 1. The summed E-state index contributed by atoms with van der Waals surface area (Å²) >= 11 is 3.55. The number of ether oxygens (including phenoxy) is 1. The van der Waals surface area contributed by atoms with Crippen LogP contribution in [-0.2, 0) is 6.61 Å². The van der Waals surface area contributed by atoms with E-state index in [1.54, 1.807) is 6.07 Å². The lowest BCUT2D eigenvalue weighted by atomic mass is 10.1. The van der Waals surface area contributed by atoms with Crippen LogP contribution >= 0.6 is 15.9 Å². The Balaban J connectivity index is 1.86. The zero-order chi connectivity index (χ0) is 20.8. The van der Waals surface area contributed by atoms with E-state index < -0.39 is 5.97 Å². The topological polar surface area (TPSA) is 75.6 Å². The largest absolute Gasteiger partial charge is 0.489 e. The molecular weight excluding hydrogens is 434 g/mol. The monoisotopic (exact) mass is 455 g/mol. The highest BCUT2D eigenvalue weighted by molar-refractivity contribution is 9.10. The van der Waals surface area contributed by atoms with E-state index in [2.05, 4.69) is 38.0 Å². The summed E-state index contributed by atoms with van der Waals surface area (Å²) in [5.74, 6) is 0.306. The molecule has 0 bridgehead atoms. The lowest BCUT2D eigenvalue weighted by Gasteiger charge is -2.30. The molecule has 3 aromatic rings. The summed E-state index contributed by atoms with van der Waals surface area (Å²) in [5, 5.41) is 17.0. The van der Waals surface area contributed by atoms with E-state index in [9.17, 15) is 4.79 Å². The van der Waals surface area contributed by atoms with Crippen LogP contribution in [0.25, 0.3) is 0 Å². The van der Waals surface area contributed by atoms with Crippen LogP contribution in [0.5, 0.6) is 5.75 Å². The molecule has 1 N–H and O–H groups in total. The average molecular weight is 456 g/mol. The Labute approximate surface area is 178 Å². The Morgan fingerprint density at radius 2 is 1.90 bits per heavy atom. The lowest BCUT2D eigenvalue weighted by molar-refractivity contribution is 0.0689. The third kappa shape index (κ3) is 5.12. The van der Waals surface area contributed by atoms with Gasteiger partial charge >= 0.3 is 5.97 Å². The maximum absolute atomic E-state index is 11.0. The van der Waals surface area contributed by atoms with Gasteiger partial charge in [-0.15, -0.1) is 10.2 Å². The van der Waals surface area contributed by atoms with Crippen molar-refractivity contribution in [3.05, 3.63) is 82.0 Å². The number of anilines is 1. The second-order valence-electron chi connectivity index (χ2n) is 6.50. The fourth-order valence-electron chi connectivity index (χ4n) is 3.11. The smallest absolute Gasteiger partial charge is 0.356 e. The van der Waals surface area contributed by atoms with E-state index in [0.29, 0.717) is 19.0 Å². The van der Waals surface area contributed by atoms with Crippen LogP contribution in [0.2, 0.25) is 0 Å². The molecule has 0 saturated carbocycles. The molecule has 7 heteroatoms. The van der Waals surface area contributed by atoms with Crippen LogP contribution in [0.1, 0.15) is 41.5 Å². The number of carboxylic acids is 1. The van der Waals surface area contributed by atoms with Crippen molar-refractivity contribution < 1.29 is 14.6 Å². The van der Waals surface area contributed by atoms with Gasteiger partial charge in [-0.3, -0.25) is 0 Å². The molecule has 29 heavy (non-hydrogen) atoms. The Morgan fingerprint density at radius 3 is 2.52 bits per heavy atom. The molecule has 0 fully saturated rings. The minimum atomic E-state index is -1.09. The first-order chi connectivity index (χ1) is 14.0. The lowest BCUT2D eigenvalue weighted by Crippen LogP contribution is -2.28. The van der Waals surface area contributed by atoms with Gasteiger partial charge in [0.1, 0.15) is 12.4 Å². The highest BCUT2D eigenvalue weighted by atomic mass is 79.9. The number of aromatic nitrogens is 2. The van der Waals surface area contributed by atoms with Gasteiger partial charge in [0, 0.05) is 16.6 Å². The first kappa shape index (κ1) is 20.8.